The number of aliphatic hydroxyl groups excluding tert-OH is 1. The van der Waals surface area contributed by atoms with Crippen molar-refractivity contribution in [3.05, 3.63) is 65.1 Å². The zero-order valence-electron chi connectivity index (χ0n) is 14.9. The molecule has 1 atom stereocenters. The van der Waals surface area contributed by atoms with Crippen LogP contribution in [0.3, 0.4) is 0 Å². The summed E-state index contributed by atoms with van der Waals surface area (Å²) in [4.78, 5) is 12.7. The lowest BCUT2D eigenvalue weighted by molar-refractivity contribution is -0.111. The molecule has 1 amide bonds. The largest absolute Gasteiger partial charge is 0.368 e. The van der Waals surface area contributed by atoms with Gasteiger partial charge < -0.3 is 5.11 Å². The van der Waals surface area contributed by atoms with Crippen LogP contribution < -0.4 is 0 Å². The SMILES string of the molecule is Cl.O=C1c2ccccc2C(O)N1N1CCC(c2nsc3cc(F)ccc23)CC1. The van der Waals surface area contributed by atoms with Crippen molar-refractivity contribution in [2.75, 3.05) is 13.1 Å². The average molecular weight is 420 g/mol. The molecule has 1 unspecified atom stereocenters. The molecule has 0 saturated carbocycles. The van der Waals surface area contributed by atoms with Gasteiger partial charge in [-0.25, -0.2) is 14.4 Å². The number of hydrazine groups is 1. The van der Waals surface area contributed by atoms with E-state index in [0.29, 0.717) is 24.2 Å². The number of piperidine rings is 1. The normalized spacial score (nSPS) is 20.4. The van der Waals surface area contributed by atoms with E-state index in [4.69, 9.17) is 0 Å². The summed E-state index contributed by atoms with van der Waals surface area (Å²) in [6.45, 7) is 1.34. The molecule has 2 aliphatic rings. The van der Waals surface area contributed by atoms with Crippen LogP contribution in [-0.2, 0) is 0 Å². The Labute approximate surface area is 171 Å². The van der Waals surface area contributed by atoms with E-state index < -0.39 is 6.23 Å². The minimum atomic E-state index is -0.923. The Morgan fingerprint density at radius 3 is 2.64 bits per heavy atom. The topological polar surface area (TPSA) is 56.7 Å². The third kappa shape index (κ3) is 2.99. The van der Waals surface area contributed by atoms with E-state index in [1.54, 1.807) is 18.2 Å². The van der Waals surface area contributed by atoms with E-state index in [1.165, 1.54) is 28.7 Å². The minimum absolute atomic E-state index is 0. The summed E-state index contributed by atoms with van der Waals surface area (Å²) in [5, 5.41) is 15.0. The fourth-order valence-corrected chi connectivity index (χ4v) is 5.03. The summed E-state index contributed by atoms with van der Waals surface area (Å²) in [6, 6.07) is 12.0. The number of halogens is 2. The van der Waals surface area contributed by atoms with Gasteiger partial charge in [0, 0.05) is 35.5 Å². The number of hydrogen-bond donors (Lipinski definition) is 1. The van der Waals surface area contributed by atoms with Gasteiger partial charge in [-0.3, -0.25) is 4.79 Å². The molecule has 3 heterocycles. The number of hydrogen-bond acceptors (Lipinski definition) is 5. The number of nitrogens with zero attached hydrogens (tertiary/aromatic N) is 3. The number of fused-ring (bicyclic) bond motifs is 2. The third-order valence-corrected chi connectivity index (χ3v) is 6.36. The first kappa shape index (κ1) is 19.3. The molecule has 2 aromatic carbocycles. The van der Waals surface area contributed by atoms with E-state index in [-0.39, 0.29) is 30.0 Å². The Balaban J connectivity index is 0.00000192. The van der Waals surface area contributed by atoms with E-state index in [0.717, 1.165) is 28.6 Å². The second kappa shape index (κ2) is 7.40. The number of carbonyl (C=O) groups excluding carboxylic acids is 1. The Bertz CT molecular complexity index is 1040. The number of amides is 1. The molecule has 2 aliphatic heterocycles. The second-order valence-electron chi connectivity index (χ2n) is 7.05. The highest BCUT2D eigenvalue weighted by Crippen LogP contribution is 2.38. The maximum absolute atomic E-state index is 13.4. The molecule has 1 fully saturated rings. The zero-order chi connectivity index (χ0) is 18.5. The van der Waals surface area contributed by atoms with Crippen LogP contribution >= 0.6 is 23.9 Å². The maximum Gasteiger partial charge on any atom is 0.271 e. The van der Waals surface area contributed by atoms with Crippen molar-refractivity contribution in [2.24, 2.45) is 0 Å². The first-order valence-electron chi connectivity index (χ1n) is 9.04. The van der Waals surface area contributed by atoms with Crippen LogP contribution in [0.15, 0.2) is 42.5 Å². The third-order valence-electron chi connectivity index (χ3n) is 5.53. The van der Waals surface area contributed by atoms with Gasteiger partial charge >= 0.3 is 0 Å². The predicted molar refractivity (Wildman–Crippen MR) is 108 cm³/mol. The summed E-state index contributed by atoms with van der Waals surface area (Å²) in [5.41, 5.74) is 2.25. The van der Waals surface area contributed by atoms with E-state index >= 15 is 0 Å². The van der Waals surface area contributed by atoms with Gasteiger partial charge in [-0.2, -0.15) is 4.37 Å². The summed E-state index contributed by atoms with van der Waals surface area (Å²) in [7, 11) is 0. The number of aromatic nitrogens is 1. The summed E-state index contributed by atoms with van der Waals surface area (Å²) >= 11 is 1.33. The molecule has 146 valence electrons. The molecular weight excluding hydrogens is 401 g/mol. The van der Waals surface area contributed by atoms with Gasteiger partial charge in [-0.1, -0.05) is 18.2 Å². The molecular formula is C20H19ClFN3O2S. The van der Waals surface area contributed by atoms with Crippen molar-refractivity contribution >= 4 is 39.9 Å². The molecule has 1 N–H and O–H groups in total. The lowest BCUT2D eigenvalue weighted by Gasteiger charge is -2.38. The predicted octanol–water partition coefficient (Wildman–Crippen LogP) is 4.10. The molecule has 5 rings (SSSR count). The van der Waals surface area contributed by atoms with E-state index in [2.05, 4.69) is 4.37 Å². The fraction of sp³-hybridized carbons (Fsp3) is 0.300. The van der Waals surface area contributed by atoms with Gasteiger partial charge in [0.25, 0.3) is 5.91 Å². The van der Waals surface area contributed by atoms with Crippen molar-refractivity contribution in [3.8, 4) is 0 Å². The zero-order valence-corrected chi connectivity index (χ0v) is 16.5. The highest BCUT2D eigenvalue weighted by atomic mass is 35.5. The van der Waals surface area contributed by atoms with Crippen LogP contribution in [0.5, 0.6) is 0 Å². The van der Waals surface area contributed by atoms with Gasteiger partial charge in [-0.15, -0.1) is 12.4 Å². The molecule has 8 heteroatoms. The number of rotatable bonds is 2. The van der Waals surface area contributed by atoms with Crippen LogP contribution in [0, 0.1) is 5.82 Å². The van der Waals surface area contributed by atoms with Crippen molar-refractivity contribution in [1.82, 2.24) is 14.4 Å². The highest BCUT2D eigenvalue weighted by molar-refractivity contribution is 7.13. The van der Waals surface area contributed by atoms with Crippen molar-refractivity contribution < 1.29 is 14.3 Å². The van der Waals surface area contributed by atoms with Crippen molar-refractivity contribution in [3.63, 3.8) is 0 Å². The standard InChI is InChI=1S/C20H18FN3O2S.ClH/c21-13-5-6-16-17(11-13)27-22-18(16)12-7-9-23(10-8-12)24-19(25)14-3-1-2-4-15(14)20(24)26;/h1-6,11-12,19,25H,7-10H2;1H. The molecule has 3 aromatic rings. The maximum atomic E-state index is 13.4. The fourth-order valence-electron chi connectivity index (χ4n) is 4.15. The molecule has 5 nitrogen and oxygen atoms in total. The minimum Gasteiger partial charge on any atom is -0.368 e. The molecule has 0 bridgehead atoms. The second-order valence-corrected chi connectivity index (χ2v) is 7.85. The first-order valence-corrected chi connectivity index (χ1v) is 9.81. The van der Waals surface area contributed by atoms with Gasteiger partial charge in [0.2, 0.25) is 0 Å². The Kier molecular flexibility index (Phi) is 5.09. The Hall–Kier alpha value is -2.06. The van der Waals surface area contributed by atoms with Gasteiger partial charge in [0.1, 0.15) is 5.82 Å². The van der Waals surface area contributed by atoms with Crippen LogP contribution in [0.25, 0.3) is 10.1 Å². The lowest BCUT2D eigenvalue weighted by Crippen LogP contribution is -2.48. The van der Waals surface area contributed by atoms with E-state index in [9.17, 15) is 14.3 Å². The summed E-state index contributed by atoms with van der Waals surface area (Å²) in [6.07, 6.45) is 0.750. The quantitative estimate of drug-likeness (QED) is 0.679. The van der Waals surface area contributed by atoms with Crippen molar-refractivity contribution in [2.45, 2.75) is 25.0 Å². The average Bonchev–Trinajstić information content (AvgIpc) is 3.21. The molecule has 28 heavy (non-hydrogen) atoms. The highest BCUT2D eigenvalue weighted by Gasteiger charge is 2.40. The van der Waals surface area contributed by atoms with E-state index in [1.807, 2.05) is 17.1 Å². The van der Waals surface area contributed by atoms with Crippen LogP contribution in [0.2, 0.25) is 0 Å². The van der Waals surface area contributed by atoms with Crippen LogP contribution in [0.1, 0.15) is 46.6 Å². The van der Waals surface area contributed by atoms with Gasteiger partial charge in [0.05, 0.1) is 10.4 Å². The number of aliphatic hydroxyl groups is 1. The monoisotopic (exact) mass is 419 g/mol. The van der Waals surface area contributed by atoms with Crippen LogP contribution in [0.4, 0.5) is 4.39 Å². The van der Waals surface area contributed by atoms with Crippen LogP contribution in [-0.4, -0.2) is 38.5 Å². The lowest BCUT2D eigenvalue weighted by atomic mass is 9.92. The molecule has 1 saturated heterocycles. The smallest absolute Gasteiger partial charge is 0.271 e. The summed E-state index contributed by atoms with van der Waals surface area (Å²) in [5.74, 6) is -0.113. The number of benzene rings is 2. The Morgan fingerprint density at radius 2 is 1.89 bits per heavy atom. The molecule has 0 aliphatic carbocycles. The summed E-state index contributed by atoms with van der Waals surface area (Å²) < 4.78 is 18.8. The number of carbonyl (C=O) groups is 1. The molecule has 0 spiro atoms. The Morgan fingerprint density at radius 1 is 1.14 bits per heavy atom. The molecule has 0 radical (unpaired) electrons. The van der Waals surface area contributed by atoms with Gasteiger partial charge in [0.15, 0.2) is 6.23 Å². The molecule has 1 aromatic heterocycles. The van der Waals surface area contributed by atoms with Gasteiger partial charge in [-0.05, 0) is 48.6 Å². The first-order chi connectivity index (χ1) is 13.1. The van der Waals surface area contributed by atoms with Crippen molar-refractivity contribution in [1.29, 1.82) is 0 Å².